The van der Waals surface area contributed by atoms with Crippen molar-refractivity contribution < 1.29 is 0 Å². The van der Waals surface area contributed by atoms with Crippen molar-refractivity contribution in [1.82, 2.24) is 32.8 Å². The normalized spacial score (nSPS) is 12.8. The maximum Gasteiger partial charge on any atom is 0.115 e. The van der Waals surface area contributed by atoms with Crippen LogP contribution in [0.15, 0.2) is 231 Å². The maximum atomic E-state index is 13.5. The number of nitrogens with zero attached hydrogens (tertiary/aromatic N) is 8. The molecule has 0 saturated heterocycles. The van der Waals surface area contributed by atoms with E-state index in [4.69, 9.17) is 9.97 Å². The van der Waals surface area contributed by atoms with Gasteiger partial charge in [0.1, 0.15) is 22.7 Å². The molecule has 0 aliphatic heterocycles. The summed E-state index contributed by atoms with van der Waals surface area (Å²) in [5, 5.41) is 22.4. The van der Waals surface area contributed by atoms with Crippen molar-refractivity contribution in [3.8, 4) is 45.6 Å². The number of rotatable bonds is 6. The van der Waals surface area contributed by atoms with Gasteiger partial charge in [0.05, 0.1) is 83.6 Å². The molecule has 95 heavy (non-hydrogen) atoms. The van der Waals surface area contributed by atoms with E-state index in [2.05, 4.69) is 318 Å². The fraction of sp³-hybridized carbons (Fsp3) is 0.184. The first-order valence-electron chi connectivity index (χ1n) is 33.3. The Bertz CT molecular complexity index is 5810. The Hall–Kier alpha value is -11.0. The van der Waals surface area contributed by atoms with Crippen LogP contribution in [0.4, 0.5) is 0 Å². The zero-order valence-corrected chi connectivity index (χ0v) is 56.0. The van der Waals surface area contributed by atoms with Gasteiger partial charge in [-0.1, -0.05) is 198 Å². The molecule has 8 nitrogen and oxygen atoms in total. The summed E-state index contributed by atoms with van der Waals surface area (Å²) in [6.45, 7) is 27.5. The lowest BCUT2D eigenvalue weighted by molar-refractivity contribution is 0.591. The highest BCUT2D eigenvalue weighted by atomic mass is 15.1. The van der Waals surface area contributed by atoms with Crippen LogP contribution in [-0.4, -0.2) is 32.8 Å². The number of benzene rings is 10. The minimum absolute atomic E-state index is 0.155. The van der Waals surface area contributed by atoms with E-state index < -0.39 is 0 Å². The molecule has 0 atom stereocenters. The molecular formula is C87H74N8. The maximum absolute atomic E-state index is 13.5. The third-order valence-electron chi connectivity index (χ3n) is 20.2. The number of fused-ring (bicyclic) bond motifs is 15. The smallest absolute Gasteiger partial charge is 0.115 e. The first-order valence-corrected chi connectivity index (χ1v) is 33.3. The quantitative estimate of drug-likeness (QED) is 0.166. The predicted molar refractivity (Wildman–Crippen MR) is 399 cm³/mol. The Morgan fingerprint density at radius 1 is 0.284 bits per heavy atom. The summed E-state index contributed by atoms with van der Waals surface area (Å²) in [5.74, 6) is 0. The van der Waals surface area contributed by atoms with Gasteiger partial charge in [0.15, 0.2) is 0 Å². The molecule has 17 aromatic rings. The Morgan fingerprint density at radius 2 is 0.568 bits per heavy atom. The second-order valence-corrected chi connectivity index (χ2v) is 30.2. The van der Waals surface area contributed by atoms with Crippen LogP contribution in [0.2, 0.25) is 0 Å². The van der Waals surface area contributed by atoms with E-state index in [0.717, 1.165) is 149 Å². The van der Waals surface area contributed by atoms with Crippen molar-refractivity contribution in [3.63, 3.8) is 0 Å². The lowest BCUT2D eigenvalue weighted by atomic mass is 9.86. The highest BCUT2D eigenvalue weighted by molar-refractivity contribution is 6.18. The summed E-state index contributed by atoms with van der Waals surface area (Å²) in [6, 6.07) is 84.2. The number of hydrogen-bond acceptors (Lipinski definition) is 3. The molecule has 7 heterocycles. The van der Waals surface area contributed by atoms with Gasteiger partial charge in [0, 0.05) is 66.6 Å². The molecule has 0 saturated carbocycles. The fourth-order valence-electron chi connectivity index (χ4n) is 15.4. The van der Waals surface area contributed by atoms with E-state index in [9.17, 15) is 5.26 Å². The summed E-state index contributed by atoms with van der Waals surface area (Å²) in [7, 11) is 0. The highest BCUT2D eigenvalue weighted by Crippen LogP contribution is 2.54. The third kappa shape index (κ3) is 8.57. The number of pyridine rings is 2. The molecule has 0 radical (unpaired) electrons. The number of aromatic nitrogens is 7. The molecule has 10 aromatic carbocycles. The lowest BCUT2D eigenvalue weighted by Gasteiger charge is -2.30. The molecule has 0 N–H and O–H groups in total. The molecule has 462 valence electrons. The minimum atomic E-state index is -0.157. The van der Waals surface area contributed by atoms with E-state index in [1.807, 2.05) is 24.5 Å². The summed E-state index contributed by atoms with van der Waals surface area (Å²) in [5.41, 5.74) is 22.4. The van der Waals surface area contributed by atoms with Crippen molar-refractivity contribution in [2.24, 2.45) is 0 Å². The Morgan fingerprint density at radius 3 is 0.895 bits per heavy atom. The van der Waals surface area contributed by atoms with Crippen molar-refractivity contribution in [3.05, 3.63) is 259 Å². The van der Waals surface area contributed by atoms with Crippen molar-refractivity contribution in [2.45, 2.75) is 105 Å². The van der Waals surface area contributed by atoms with E-state index in [1.165, 1.54) is 22.3 Å². The van der Waals surface area contributed by atoms with Crippen LogP contribution in [0.5, 0.6) is 0 Å². The zero-order valence-electron chi connectivity index (χ0n) is 56.0. The first kappa shape index (κ1) is 57.9. The van der Waals surface area contributed by atoms with Crippen LogP contribution in [0, 0.1) is 11.3 Å². The second-order valence-electron chi connectivity index (χ2n) is 30.2. The van der Waals surface area contributed by atoms with Gasteiger partial charge in [-0.25, -0.2) is 0 Å². The average molecular weight is 1230 g/mol. The van der Waals surface area contributed by atoms with E-state index >= 15 is 0 Å². The Kier molecular flexibility index (Phi) is 12.5. The lowest BCUT2D eigenvalue weighted by Crippen LogP contribution is -2.17. The van der Waals surface area contributed by atoms with Crippen LogP contribution >= 0.6 is 0 Å². The van der Waals surface area contributed by atoms with Gasteiger partial charge < -0.3 is 22.8 Å². The second kappa shape index (κ2) is 20.5. The first-order chi connectivity index (χ1) is 45.7. The summed E-state index contributed by atoms with van der Waals surface area (Å²) >= 11 is 0. The standard InChI is InChI=1S/C87H74N8/c1-84(2,3)52-37-41-71-61(47-52)56-25-13-18-30-66(56)92(71)80-65(51-88)81(93-67-31-19-14-26-57(67)62-48-53(85(4,5)6)38-42-72(62)93)83(95-69-33-21-16-28-59(69)64-50-55(87(10,11)12)40-44-74(64)95)77(82(80)94-68-32-20-15-27-58(68)63-49-54(86(7,8)9)39-43-73(63)94)60-29-17-22-34-70(60)91-75-35-23-45-89-78(75)79-76(91)36-24-46-90-79/h13-50H,1-12H3. The Balaban J connectivity index is 1.23. The molecular weight excluding hydrogens is 1160 g/mol. The number of hydrogen-bond donors (Lipinski definition) is 0. The van der Waals surface area contributed by atoms with Gasteiger partial charge in [0.2, 0.25) is 0 Å². The van der Waals surface area contributed by atoms with E-state index in [1.54, 1.807) is 0 Å². The topological polar surface area (TPSA) is 74.2 Å². The fourth-order valence-corrected chi connectivity index (χ4v) is 15.4. The van der Waals surface area contributed by atoms with Gasteiger partial charge in [-0.3, -0.25) is 9.97 Å². The molecule has 0 aliphatic carbocycles. The van der Waals surface area contributed by atoms with Gasteiger partial charge >= 0.3 is 0 Å². The van der Waals surface area contributed by atoms with Crippen LogP contribution in [0.1, 0.15) is 111 Å². The molecule has 0 bridgehead atoms. The van der Waals surface area contributed by atoms with Crippen molar-refractivity contribution in [2.75, 3.05) is 0 Å². The van der Waals surface area contributed by atoms with Crippen LogP contribution in [0.3, 0.4) is 0 Å². The molecule has 8 heteroatoms. The molecule has 17 rings (SSSR count). The van der Waals surface area contributed by atoms with Gasteiger partial charge in [-0.15, -0.1) is 0 Å². The average Bonchev–Trinajstić information content (AvgIpc) is 1.59. The zero-order chi connectivity index (χ0) is 65.4. The monoisotopic (exact) mass is 1230 g/mol. The van der Waals surface area contributed by atoms with Crippen molar-refractivity contribution in [1.29, 1.82) is 5.26 Å². The van der Waals surface area contributed by atoms with Crippen LogP contribution < -0.4 is 0 Å². The summed E-state index contributed by atoms with van der Waals surface area (Å²) < 4.78 is 12.3. The molecule has 0 spiro atoms. The Labute approximate surface area is 553 Å². The number of nitriles is 1. The third-order valence-corrected chi connectivity index (χ3v) is 20.2. The summed E-state index contributed by atoms with van der Waals surface area (Å²) in [4.78, 5) is 10.2. The van der Waals surface area contributed by atoms with Gasteiger partial charge in [-0.2, -0.15) is 5.26 Å². The molecule has 0 fully saturated rings. The molecule has 0 unspecified atom stereocenters. The highest BCUT2D eigenvalue weighted by Gasteiger charge is 2.37. The SMILES string of the molecule is CC(C)(C)c1ccc2c(c1)c1ccccc1n2-c1c(C#N)c(-n2c3ccccc3c3cc(C(C)(C)C)ccc32)c(-n2c3ccccc3c3cc(C(C)(C)C)ccc32)c(-c2ccccc2-n2c3cccnc3c3ncccc32)c1-n1c2ccccc2c2cc(C(C)(C)C)ccc21. The largest absolute Gasteiger partial charge is 0.306 e. The molecule has 0 aliphatic rings. The predicted octanol–water partition coefficient (Wildman–Crippen LogP) is 22.7. The summed E-state index contributed by atoms with van der Waals surface area (Å²) in [6.07, 6.45) is 3.74. The van der Waals surface area contributed by atoms with Crippen molar-refractivity contribution >= 4 is 109 Å². The molecule has 7 aromatic heterocycles. The van der Waals surface area contributed by atoms with E-state index in [-0.39, 0.29) is 21.7 Å². The van der Waals surface area contributed by atoms with Crippen LogP contribution in [-0.2, 0) is 21.7 Å². The number of para-hydroxylation sites is 5. The van der Waals surface area contributed by atoms with Gasteiger partial charge in [-0.05, 0) is 147 Å². The van der Waals surface area contributed by atoms with Gasteiger partial charge in [0.25, 0.3) is 0 Å². The van der Waals surface area contributed by atoms with E-state index in [0.29, 0.717) is 5.56 Å². The minimum Gasteiger partial charge on any atom is -0.306 e. The molecule has 0 amide bonds. The van der Waals surface area contributed by atoms with Crippen LogP contribution in [0.25, 0.3) is 149 Å².